The zero-order valence-electron chi connectivity index (χ0n) is 10.9. The number of halogens is 1. The van der Waals surface area contributed by atoms with Crippen molar-refractivity contribution < 1.29 is 9.53 Å². The fourth-order valence-electron chi connectivity index (χ4n) is 2.37. The Morgan fingerprint density at radius 2 is 1.94 bits per heavy atom. The molecule has 1 heterocycles. The maximum Gasteiger partial charge on any atom is 0.161 e. The van der Waals surface area contributed by atoms with E-state index in [2.05, 4.69) is 18.7 Å². The molecule has 4 heteroatoms. The summed E-state index contributed by atoms with van der Waals surface area (Å²) in [5.41, 5.74) is 1.63. The van der Waals surface area contributed by atoms with Crippen molar-refractivity contribution in [3.05, 3.63) is 28.8 Å². The van der Waals surface area contributed by atoms with Crippen molar-refractivity contribution in [1.82, 2.24) is 0 Å². The Morgan fingerprint density at radius 3 is 2.44 bits per heavy atom. The molecule has 0 saturated carbocycles. The topological polar surface area (TPSA) is 29.5 Å². The van der Waals surface area contributed by atoms with Gasteiger partial charge in [-0.1, -0.05) is 11.6 Å². The maximum absolute atomic E-state index is 11.3. The predicted octanol–water partition coefficient (Wildman–Crippen LogP) is 3.16. The molecule has 2 rings (SSSR count). The van der Waals surface area contributed by atoms with Crippen LogP contribution in [0.4, 0.5) is 5.69 Å². The van der Waals surface area contributed by atoms with Gasteiger partial charge in [0.2, 0.25) is 0 Å². The molecule has 1 aromatic rings. The lowest BCUT2D eigenvalue weighted by Crippen LogP contribution is -2.45. The molecule has 0 N–H and O–H groups in total. The van der Waals surface area contributed by atoms with E-state index in [0.29, 0.717) is 10.6 Å². The largest absolute Gasteiger partial charge is 0.372 e. The van der Waals surface area contributed by atoms with Crippen molar-refractivity contribution in [2.24, 2.45) is 0 Å². The van der Waals surface area contributed by atoms with Gasteiger partial charge >= 0.3 is 0 Å². The molecule has 2 atom stereocenters. The summed E-state index contributed by atoms with van der Waals surface area (Å²) in [6.45, 7) is 7.35. The Labute approximate surface area is 113 Å². The minimum atomic E-state index is -0.00439. The number of rotatable bonds is 2. The zero-order valence-corrected chi connectivity index (χ0v) is 11.7. The van der Waals surface area contributed by atoms with Gasteiger partial charge in [-0.05, 0) is 39.0 Å². The smallest absolute Gasteiger partial charge is 0.161 e. The molecule has 3 nitrogen and oxygen atoms in total. The van der Waals surface area contributed by atoms with Crippen molar-refractivity contribution in [2.75, 3.05) is 18.0 Å². The highest BCUT2D eigenvalue weighted by Gasteiger charge is 2.22. The van der Waals surface area contributed by atoms with Gasteiger partial charge in [-0.2, -0.15) is 0 Å². The molecule has 0 radical (unpaired) electrons. The molecule has 0 spiro atoms. The van der Waals surface area contributed by atoms with Gasteiger partial charge in [0.25, 0.3) is 0 Å². The molecular formula is C14H18ClNO2. The highest BCUT2D eigenvalue weighted by atomic mass is 35.5. The van der Waals surface area contributed by atoms with Gasteiger partial charge in [-0.25, -0.2) is 0 Å². The third-order valence-corrected chi connectivity index (χ3v) is 3.43. The molecular weight excluding hydrogens is 250 g/mol. The normalized spacial score (nSPS) is 24.1. The highest BCUT2D eigenvalue weighted by molar-refractivity contribution is 6.34. The van der Waals surface area contributed by atoms with Crippen LogP contribution in [0.5, 0.6) is 0 Å². The number of anilines is 1. The van der Waals surface area contributed by atoms with E-state index in [4.69, 9.17) is 16.3 Å². The van der Waals surface area contributed by atoms with E-state index in [9.17, 15) is 4.79 Å². The number of benzene rings is 1. The molecule has 0 bridgehead atoms. The Balaban J connectivity index is 2.23. The summed E-state index contributed by atoms with van der Waals surface area (Å²) in [5, 5.41) is 0.520. The summed E-state index contributed by atoms with van der Waals surface area (Å²) in [4.78, 5) is 13.6. The number of nitrogens with zero attached hydrogens (tertiary/aromatic N) is 1. The van der Waals surface area contributed by atoms with Gasteiger partial charge < -0.3 is 9.64 Å². The van der Waals surface area contributed by atoms with Crippen LogP contribution >= 0.6 is 11.6 Å². The third kappa shape index (κ3) is 2.85. The van der Waals surface area contributed by atoms with Crippen LogP contribution < -0.4 is 4.90 Å². The predicted molar refractivity (Wildman–Crippen MR) is 73.7 cm³/mol. The summed E-state index contributed by atoms with van der Waals surface area (Å²) in [5.74, 6) is -0.00439. The standard InChI is InChI=1S/C14H18ClNO2/c1-9-7-16(8-10(2)18-9)12-4-5-13(11(3)17)14(15)6-12/h4-6,9-10H,7-8H2,1-3H3/t9-,10+. The Morgan fingerprint density at radius 1 is 1.33 bits per heavy atom. The van der Waals surface area contributed by atoms with E-state index in [1.165, 1.54) is 6.92 Å². The second kappa shape index (κ2) is 5.29. The van der Waals surface area contributed by atoms with Crippen LogP contribution in [0, 0.1) is 0 Å². The van der Waals surface area contributed by atoms with E-state index in [1.807, 2.05) is 12.1 Å². The number of hydrogen-bond donors (Lipinski definition) is 0. The molecule has 1 saturated heterocycles. The van der Waals surface area contributed by atoms with Gasteiger partial charge in [-0.15, -0.1) is 0 Å². The minimum Gasteiger partial charge on any atom is -0.372 e. The molecule has 0 aromatic heterocycles. The lowest BCUT2D eigenvalue weighted by atomic mass is 10.1. The summed E-state index contributed by atoms with van der Waals surface area (Å²) in [7, 11) is 0. The number of ketones is 1. The van der Waals surface area contributed by atoms with E-state index in [0.717, 1.165) is 18.8 Å². The van der Waals surface area contributed by atoms with Gasteiger partial charge in [0.1, 0.15) is 0 Å². The summed E-state index contributed by atoms with van der Waals surface area (Å²) < 4.78 is 5.70. The fraction of sp³-hybridized carbons (Fsp3) is 0.500. The molecule has 0 aliphatic carbocycles. The van der Waals surface area contributed by atoms with Crippen molar-refractivity contribution in [3.63, 3.8) is 0 Å². The zero-order chi connectivity index (χ0) is 13.3. The highest BCUT2D eigenvalue weighted by Crippen LogP contribution is 2.26. The first-order chi connectivity index (χ1) is 8.47. The SMILES string of the molecule is CC(=O)c1ccc(N2C[C@@H](C)O[C@@H](C)C2)cc1Cl. The number of ether oxygens (including phenoxy) is 1. The van der Waals surface area contributed by atoms with Crippen molar-refractivity contribution in [3.8, 4) is 0 Å². The van der Waals surface area contributed by atoms with E-state index in [1.54, 1.807) is 6.07 Å². The molecule has 1 aliphatic heterocycles. The van der Waals surface area contributed by atoms with E-state index >= 15 is 0 Å². The van der Waals surface area contributed by atoms with Crippen molar-refractivity contribution in [1.29, 1.82) is 0 Å². The number of hydrogen-bond acceptors (Lipinski definition) is 3. The number of morpholine rings is 1. The molecule has 1 fully saturated rings. The third-order valence-electron chi connectivity index (χ3n) is 3.12. The second-order valence-electron chi connectivity index (χ2n) is 4.88. The average molecular weight is 268 g/mol. The first-order valence-corrected chi connectivity index (χ1v) is 6.56. The van der Waals surface area contributed by atoms with Gasteiger partial charge in [0.05, 0.1) is 17.2 Å². The Bertz CT molecular complexity index is 451. The Kier molecular flexibility index (Phi) is 3.93. The number of carbonyl (C=O) groups excluding carboxylic acids is 1. The van der Waals surface area contributed by atoms with Crippen LogP contribution in [-0.4, -0.2) is 31.1 Å². The lowest BCUT2D eigenvalue weighted by molar-refractivity contribution is -0.00522. The summed E-state index contributed by atoms with van der Waals surface area (Å²) >= 11 is 6.14. The van der Waals surface area contributed by atoms with Crippen LogP contribution in [0.1, 0.15) is 31.1 Å². The first-order valence-electron chi connectivity index (χ1n) is 6.18. The van der Waals surface area contributed by atoms with Crippen LogP contribution in [0.3, 0.4) is 0 Å². The molecule has 1 aromatic carbocycles. The van der Waals surface area contributed by atoms with E-state index in [-0.39, 0.29) is 18.0 Å². The lowest BCUT2D eigenvalue weighted by Gasteiger charge is -2.37. The van der Waals surface area contributed by atoms with Crippen LogP contribution in [0.25, 0.3) is 0 Å². The maximum atomic E-state index is 11.3. The summed E-state index contributed by atoms with van der Waals surface area (Å²) in [6, 6.07) is 5.61. The van der Waals surface area contributed by atoms with Crippen molar-refractivity contribution >= 4 is 23.1 Å². The minimum absolute atomic E-state index is 0.00439. The van der Waals surface area contributed by atoms with Gasteiger partial charge in [0, 0.05) is 24.3 Å². The average Bonchev–Trinajstić information content (AvgIpc) is 2.26. The number of carbonyl (C=O) groups is 1. The monoisotopic (exact) mass is 267 g/mol. The van der Waals surface area contributed by atoms with Crippen LogP contribution in [0.15, 0.2) is 18.2 Å². The fourth-order valence-corrected chi connectivity index (χ4v) is 2.68. The molecule has 98 valence electrons. The van der Waals surface area contributed by atoms with E-state index < -0.39 is 0 Å². The molecule has 0 unspecified atom stereocenters. The van der Waals surface area contributed by atoms with Crippen LogP contribution in [0.2, 0.25) is 5.02 Å². The number of Topliss-reactive ketones (excluding diaryl/α,β-unsaturated/α-hetero) is 1. The first kappa shape index (κ1) is 13.4. The van der Waals surface area contributed by atoms with Gasteiger partial charge in [-0.3, -0.25) is 4.79 Å². The van der Waals surface area contributed by atoms with Crippen LogP contribution in [-0.2, 0) is 4.74 Å². The quantitative estimate of drug-likeness (QED) is 0.771. The summed E-state index contributed by atoms with van der Waals surface area (Å²) in [6.07, 6.45) is 0.417. The molecule has 1 aliphatic rings. The second-order valence-corrected chi connectivity index (χ2v) is 5.29. The molecule has 0 amide bonds. The van der Waals surface area contributed by atoms with Crippen molar-refractivity contribution in [2.45, 2.75) is 33.0 Å². The molecule has 18 heavy (non-hydrogen) atoms. The Hall–Kier alpha value is -1.06. The van der Waals surface area contributed by atoms with Gasteiger partial charge in [0.15, 0.2) is 5.78 Å².